The molecule has 1 aromatic carbocycles. The standard InChI is InChI=1S/C23H19F4N7/c24-15-1-2-19-17(10-15)22(30-13-29-19)32-7-4-18-14(12-32)9-16(11-28-18)33-8-5-20(23(25,26)27)34-21(33)3-6-31-34/h1-3,6,9-11,13,20H,4-5,7-8,12H2. The number of aromatic nitrogens is 5. The minimum Gasteiger partial charge on any atom is -0.351 e. The molecule has 0 N–H and O–H groups in total. The van der Waals surface area contributed by atoms with Crippen molar-refractivity contribution in [3.8, 4) is 0 Å². The number of anilines is 3. The normalized spacial score (nSPS) is 18.2. The van der Waals surface area contributed by atoms with Gasteiger partial charge in [0.15, 0.2) is 6.04 Å². The molecule has 0 saturated carbocycles. The highest BCUT2D eigenvalue weighted by molar-refractivity contribution is 5.89. The first kappa shape index (κ1) is 20.8. The van der Waals surface area contributed by atoms with Crippen molar-refractivity contribution in [3.63, 3.8) is 0 Å². The monoisotopic (exact) mass is 469 g/mol. The molecule has 0 aliphatic carbocycles. The van der Waals surface area contributed by atoms with Gasteiger partial charge in [-0.15, -0.1) is 0 Å². The second-order valence-electron chi connectivity index (χ2n) is 8.46. The number of hydrogen-bond acceptors (Lipinski definition) is 6. The van der Waals surface area contributed by atoms with Gasteiger partial charge in [0.05, 0.1) is 23.6 Å². The topological polar surface area (TPSA) is 63.0 Å². The van der Waals surface area contributed by atoms with Crippen LogP contribution < -0.4 is 9.80 Å². The molecule has 4 aromatic rings. The summed E-state index contributed by atoms with van der Waals surface area (Å²) in [7, 11) is 0. The maximum absolute atomic E-state index is 13.9. The van der Waals surface area contributed by atoms with Crippen LogP contribution in [0.25, 0.3) is 10.9 Å². The highest BCUT2D eigenvalue weighted by Crippen LogP contribution is 2.41. The molecule has 1 atom stereocenters. The molecule has 0 amide bonds. The molecule has 7 nitrogen and oxygen atoms in total. The van der Waals surface area contributed by atoms with Crippen LogP contribution in [0, 0.1) is 5.82 Å². The van der Waals surface area contributed by atoms with Gasteiger partial charge in [0.1, 0.15) is 23.8 Å². The zero-order chi connectivity index (χ0) is 23.4. The summed E-state index contributed by atoms with van der Waals surface area (Å²) in [6.07, 6.45) is 0.770. The van der Waals surface area contributed by atoms with Crippen LogP contribution in [0.2, 0.25) is 0 Å². The van der Waals surface area contributed by atoms with E-state index in [4.69, 9.17) is 0 Å². The van der Waals surface area contributed by atoms with E-state index < -0.39 is 12.2 Å². The van der Waals surface area contributed by atoms with Crippen molar-refractivity contribution in [2.45, 2.75) is 31.6 Å². The van der Waals surface area contributed by atoms with Gasteiger partial charge in [-0.25, -0.2) is 19.0 Å². The summed E-state index contributed by atoms with van der Waals surface area (Å²) in [5, 5.41) is 4.57. The van der Waals surface area contributed by atoms with Gasteiger partial charge in [0.25, 0.3) is 0 Å². The second kappa shape index (κ2) is 7.64. The predicted octanol–water partition coefficient (Wildman–Crippen LogP) is 4.57. The third-order valence-electron chi connectivity index (χ3n) is 6.44. The van der Waals surface area contributed by atoms with Gasteiger partial charge < -0.3 is 9.80 Å². The molecular weight excluding hydrogens is 450 g/mol. The summed E-state index contributed by atoms with van der Waals surface area (Å²) in [6.45, 7) is 1.36. The molecule has 0 saturated heterocycles. The van der Waals surface area contributed by atoms with Crippen LogP contribution in [0.1, 0.15) is 23.7 Å². The van der Waals surface area contributed by atoms with E-state index in [9.17, 15) is 17.6 Å². The maximum atomic E-state index is 13.9. The number of alkyl halides is 3. The molecular formula is C23H19F4N7. The van der Waals surface area contributed by atoms with E-state index in [2.05, 4.69) is 25.0 Å². The first-order chi connectivity index (χ1) is 16.4. The summed E-state index contributed by atoms with van der Waals surface area (Å²) < 4.78 is 55.3. The molecule has 0 spiro atoms. The van der Waals surface area contributed by atoms with Crippen LogP contribution in [-0.2, 0) is 13.0 Å². The molecule has 3 aromatic heterocycles. The zero-order valence-corrected chi connectivity index (χ0v) is 17.9. The SMILES string of the molecule is Fc1ccc2ncnc(N3CCc4ncc(N5CCC(C(F)(F)F)n6nccc65)cc4C3)c2c1. The average molecular weight is 469 g/mol. The molecule has 34 heavy (non-hydrogen) atoms. The minimum absolute atomic E-state index is 0.0973. The summed E-state index contributed by atoms with van der Waals surface area (Å²) in [6, 6.07) is 6.34. The van der Waals surface area contributed by atoms with Crippen molar-refractivity contribution in [2.75, 3.05) is 22.9 Å². The minimum atomic E-state index is -4.36. The fourth-order valence-electron chi connectivity index (χ4n) is 4.82. The number of nitrogens with zero attached hydrogens (tertiary/aromatic N) is 7. The Labute approximate surface area is 191 Å². The van der Waals surface area contributed by atoms with E-state index in [0.29, 0.717) is 47.7 Å². The molecule has 2 aliphatic heterocycles. The van der Waals surface area contributed by atoms with Gasteiger partial charge in [-0.1, -0.05) is 0 Å². The fraction of sp³-hybridized carbons (Fsp3) is 0.304. The Morgan fingerprint density at radius 2 is 1.88 bits per heavy atom. The van der Waals surface area contributed by atoms with Crippen molar-refractivity contribution in [3.05, 3.63) is 66.1 Å². The number of halogens is 4. The van der Waals surface area contributed by atoms with Crippen molar-refractivity contribution in [1.29, 1.82) is 0 Å². The second-order valence-corrected chi connectivity index (χ2v) is 8.46. The molecule has 174 valence electrons. The smallest absolute Gasteiger partial charge is 0.351 e. The van der Waals surface area contributed by atoms with Crippen LogP contribution in [0.3, 0.4) is 0 Å². The summed E-state index contributed by atoms with van der Waals surface area (Å²) in [5.41, 5.74) is 3.26. The van der Waals surface area contributed by atoms with Crippen LogP contribution in [0.5, 0.6) is 0 Å². The predicted molar refractivity (Wildman–Crippen MR) is 117 cm³/mol. The molecule has 1 unspecified atom stereocenters. The number of benzene rings is 1. The first-order valence-corrected chi connectivity index (χ1v) is 10.9. The lowest BCUT2D eigenvalue weighted by Crippen LogP contribution is -2.38. The van der Waals surface area contributed by atoms with Gasteiger partial charge >= 0.3 is 6.18 Å². The largest absolute Gasteiger partial charge is 0.410 e. The Kier molecular flexibility index (Phi) is 4.68. The van der Waals surface area contributed by atoms with Crippen LogP contribution in [-0.4, -0.2) is 44.0 Å². The molecule has 6 rings (SSSR count). The highest BCUT2D eigenvalue weighted by atomic mass is 19.4. The molecule has 0 bridgehead atoms. The van der Waals surface area contributed by atoms with Gasteiger partial charge in [0, 0.05) is 43.2 Å². The lowest BCUT2D eigenvalue weighted by atomic mass is 10.0. The van der Waals surface area contributed by atoms with Crippen LogP contribution in [0.4, 0.5) is 34.9 Å². The lowest BCUT2D eigenvalue weighted by molar-refractivity contribution is -0.172. The molecule has 5 heterocycles. The Bertz CT molecular complexity index is 1380. The van der Waals surface area contributed by atoms with Crippen molar-refractivity contribution in [2.24, 2.45) is 0 Å². The Hall–Kier alpha value is -3.76. The summed E-state index contributed by atoms with van der Waals surface area (Å²) in [4.78, 5) is 17.1. The van der Waals surface area contributed by atoms with Gasteiger partial charge in [0.2, 0.25) is 0 Å². The van der Waals surface area contributed by atoms with Crippen LogP contribution in [0.15, 0.2) is 49.1 Å². The van der Waals surface area contributed by atoms with Crippen molar-refractivity contribution in [1.82, 2.24) is 24.7 Å². The summed E-state index contributed by atoms with van der Waals surface area (Å²) in [5.74, 6) is 0.675. The number of rotatable bonds is 2. The lowest BCUT2D eigenvalue weighted by Gasteiger charge is -2.36. The zero-order valence-electron chi connectivity index (χ0n) is 17.9. The molecule has 0 radical (unpaired) electrons. The van der Waals surface area contributed by atoms with E-state index >= 15 is 0 Å². The van der Waals surface area contributed by atoms with Crippen LogP contribution >= 0.6 is 0 Å². The Morgan fingerprint density at radius 1 is 1.00 bits per heavy atom. The van der Waals surface area contributed by atoms with E-state index in [1.54, 1.807) is 18.3 Å². The van der Waals surface area contributed by atoms with Gasteiger partial charge in [-0.2, -0.15) is 18.3 Å². The number of hydrogen-bond donors (Lipinski definition) is 0. The Balaban J connectivity index is 1.33. The third-order valence-corrected chi connectivity index (χ3v) is 6.44. The van der Waals surface area contributed by atoms with Gasteiger partial charge in [-0.05, 0) is 36.2 Å². The third kappa shape index (κ3) is 3.42. The maximum Gasteiger partial charge on any atom is 0.410 e. The summed E-state index contributed by atoms with van der Waals surface area (Å²) >= 11 is 0. The molecule has 2 aliphatic rings. The first-order valence-electron chi connectivity index (χ1n) is 10.9. The van der Waals surface area contributed by atoms with E-state index in [0.717, 1.165) is 15.9 Å². The highest BCUT2D eigenvalue weighted by Gasteiger charge is 2.45. The quantitative estimate of drug-likeness (QED) is 0.401. The molecule has 0 fully saturated rings. The fourth-order valence-corrected chi connectivity index (χ4v) is 4.82. The Morgan fingerprint density at radius 3 is 2.74 bits per heavy atom. The van der Waals surface area contributed by atoms with E-state index in [1.807, 2.05) is 11.0 Å². The van der Waals surface area contributed by atoms with Crippen molar-refractivity contribution < 1.29 is 17.6 Å². The van der Waals surface area contributed by atoms with Crippen molar-refractivity contribution >= 4 is 28.2 Å². The average Bonchev–Trinajstić information content (AvgIpc) is 3.31. The van der Waals surface area contributed by atoms with E-state index in [-0.39, 0.29) is 18.8 Å². The number of pyridine rings is 1. The number of fused-ring (bicyclic) bond motifs is 3. The molecule has 11 heteroatoms. The van der Waals surface area contributed by atoms with E-state index in [1.165, 1.54) is 24.7 Å². The van der Waals surface area contributed by atoms with Gasteiger partial charge in [-0.3, -0.25) is 4.98 Å².